The molecule has 0 aromatic carbocycles. The first-order valence-corrected chi connectivity index (χ1v) is 9.66. The standard InChI is InChI=1S/C15H32O4S/c1-15(16)13-11-9-7-5-3-2-4-6-8-10-12-14-20(17,18)19/h15-16H,2-14H2,1H3,(H,17,18,19). The molecule has 0 saturated heterocycles. The maximum Gasteiger partial charge on any atom is 0.264 e. The van der Waals surface area contributed by atoms with Gasteiger partial charge in [0.2, 0.25) is 0 Å². The molecule has 0 aromatic rings. The first kappa shape index (κ1) is 19.9. The number of aliphatic hydroxyl groups excluding tert-OH is 1. The van der Waals surface area contributed by atoms with E-state index < -0.39 is 10.1 Å². The van der Waals surface area contributed by atoms with Gasteiger partial charge in [0.1, 0.15) is 0 Å². The van der Waals surface area contributed by atoms with Gasteiger partial charge in [0.25, 0.3) is 10.1 Å². The van der Waals surface area contributed by atoms with Crippen molar-refractivity contribution in [1.82, 2.24) is 0 Å². The van der Waals surface area contributed by atoms with Crippen LogP contribution in [0.5, 0.6) is 0 Å². The maximum atomic E-state index is 10.5. The summed E-state index contributed by atoms with van der Waals surface area (Å²) in [6.45, 7) is 1.84. The smallest absolute Gasteiger partial charge is 0.264 e. The van der Waals surface area contributed by atoms with Crippen LogP contribution in [0.15, 0.2) is 0 Å². The molecule has 4 nitrogen and oxygen atoms in total. The Morgan fingerprint density at radius 1 is 0.750 bits per heavy atom. The average molecular weight is 308 g/mol. The molecule has 2 N–H and O–H groups in total. The van der Waals surface area contributed by atoms with Gasteiger partial charge < -0.3 is 5.11 Å². The fraction of sp³-hybridized carbons (Fsp3) is 1.00. The largest absolute Gasteiger partial charge is 0.393 e. The third-order valence-electron chi connectivity index (χ3n) is 3.52. The van der Waals surface area contributed by atoms with Crippen molar-refractivity contribution in [1.29, 1.82) is 0 Å². The molecule has 0 aliphatic rings. The summed E-state index contributed by atoms with van der Waals surface area (Å²) in [5, 5.41) is 9.11. The van der Waals surface area contributed by atoms with Crippen molar-refractivity contribution in [2.45, 2.75) is 90.1 Å². The molecule has 122 valence electrons. The van der Waals surface area contributed by atoms with Crippen LogP contribution in [-0.2, 0) is 10.1 Å². The van der Waals surface area contributed by atoms with Gasteiger partial charge >= 0.3 is 0 Å². The van der Waals surface area contributed by atoms with Gasteiger partial charge in [-0.3, -0.25) is 4.55 Å². The maximum absolute atomic E-state index is 10.5. The van der Waals surface area contributed by atoms with Crippen LogP contribution in [0.3, 0.4) is 0 Å². The van der Waals surface area contributed by atoms with E-state index in [4.69, 9.17) is 9.66 Å². The van der Waals surface area contributed by atoms with Crippen molar-refractivity contribution in [3.63, 3.8) is 0 Å². The van der Waals surface area contributed by atoms with Gasteiger partial charge in [-0.05, 0) is 19.8 Å². The summed E-state index contributed by atoms with van der Waals surface area (Å²) in [5.74, 6) is -0.0978. The molecule has 0 heterocycles. The second-order valence-corrected chi connectivity index (χ2v) is 7.38. The van der Waals surface area contributed by atoms with Gasteiger partial charge in [-0.15, -0.1) is 0 Å². The topological polar surface area (TPSA) is 74.6 Å². The molecule has 0 aliphatic carbocycles. The fourth-order valence-electron chi connectivity index (χ4n) is 2.32. The minimum Gasteiger partial charge on any atom is -0.393 e. The third kappa shape index (κ3) is 17.9. The first-order chi connectivity index (χ1) is 9.42. The Kier molecular flexibility index (Phi) is 12.5. The van der Waals surface area contributed by atoms with Gasteiger partial charge in [0.05, 0.1) is 11.9 Å². The molecular weight excluding hydrogens is 276 g/mol. The zero-order valence-corrected chi connectivity index (χ0v) is 13.7. The molecule has 0 saturated carbocycles. The van der Waals surface area contributed by atoms with E-state index in [1.807, 2.05) is 6.92 Å². The van der Waals surface area contributed by atoms with Crippen LogP contribution >= 0.6 is 0 Å². The molecule has 1 unspecified atom stereocenters. The lowest BCUT2D eigenvalue weighted by Crippen LogP contribution is -2.03. The Hall–Kier alpha value is -0.130. The highest BCUT2D eigenvalue weighted by Gasteiger charge is 2.02. The molecule has 0 radical (unpaired) electrons. The highest BCUT2D eigenvalue weighted by atomic mass is 32.2. The second kappa shape index (κ2) is 12.6. The Balaban J connectivity index is 3.06. The number of hydrogen-bond donors (Lipinski definition) is 2. The van der Waals surface area contributed by atoms with Crippen LogP contribution in [-0.4, -0.2) is 29.9 Å². The number of aliphatic hydroxyl groups is 1. The molecule has 0 aliphatic heterocycles. The second-order valence-electron chi connectivity index (χ2n) is 5.81. The zero-order chi connectivity index (χ0) is 15.3. The van der Waals surface area contributed by atoms with Gasteiger partial charge in [-0.2, -0.15) is 8.42 Å². The van der Waals surface area contributed by atoms with E-state index in [1.54, 1.807) is 0 Å². The predicted molar refractivity (Wildman–Crippen MR) is 83.5 cm³/mol. The number of unbranched alkanes of at least 4 members (excludes halogenated alkanes) is 10. The summed E-state index contributed by atoms with van der Waals surface area (Å²) in [4.78, 5) is 0. The summed E-state index contributed by atoms with van der Waals surface area (Å²) in [6.07, 6.45) is 13.1. The normalized spacial score (nSPS) is 13.6. The molecule has 5 heteroatoms. The van der Waals surface area contributed by atoms with Crippen LogP contribution in [0.25, 0.3) is 0 Å². The van der Waals surface area contributed by atoms with Crippen LogP contribution in [0, 0.1) is 0 Å². The minimum absolute atomic E-state index is 0.0978. The number of rotatable bonds is 14. The van der Waals surface area contributed by atoms with Crippen molar-refractivity contribution in [3.8, 4) is 0 Å². The third-order valence-corrected chi connectivity index (χ3v) is 4.33. The highest BCUT2D eigenvalue weighted by Crippen LogP contribution is 2.12. The van der Waals surface area contributed by atoms with E-state index >= 15 is 0 Å². The van der Waals surface area contributed by atoms with Gasteiger partial charge in [-0.25, -0.2) is 0 Å². The predicted octanol–water partition coefficient (Wildman–Crippen LogP) is 3.94. The van der Waals surface area contributed by atoms with E-state index in [0.29, 0.717) is 6.42 Å². The molecule has 20 heavy (non-hydrogen) atoms. The summed E-state index contributed by atoms with van der Waals surface area (Å²) < 4.78 is 29.6. The highest BCUT2D eigenvalue weighted by molar-refractivity contribution is 7.85. The van der Waals surface area contributed by atoms with Crippen LogP contribution in [0.4, 0.5) is 0 Å². The molecular formula is C15H32O4S. The molecule has 0 rings (SSSR count). The van der Waals surface area contributed by atoms with Crippen LogP contribution in [0.2, 0.25) is 0 Å². The molecule has 0 spiro atoms. The van der Waals surface area contributed by atoms with Crippen LogP contribution < -0.4 is 0 Å². The van der Waals surface area contributed by atoms with Crippen LogP contribution in [0.1, 0.15) is 84.0 Å². The quantitative estimate of drug-likeness (QED) is 0.376. The van der Waals surface area contributed by atoms with Crippen molar-refractivity contribution in [2.24, 2.45) is 0 Å². The van der Waals surface area contributed by atoms with E-state index in [-0.39, 0.29) is 11.9 Å². The average Bonchev–Trinajstić information content (AvgIpc) is 2.33. The summed E-state index contributed by atoms with van der Waals surface area (Å²) in [7, 11) is -3.76. The Morgan fingerprint density at radius 2 is 1.10 bits per heavy atom. The Labute approximate surface area is 124 Å². The van der Waals surface area contributed by atoms with E-state index in [1.165, 1.54) is 38.5 Å². The summed E-state index contributed by atoms with van der Waals surface area (Å²) in [5.41, 5.74) is 0. The van der Waals surface area contributed by atoms with Gasteiger partial charge in [0, 0.05) is 0 Å². The first-order valence-electron chi connectivity index (χ1n) is 8.05. The Bertz CT molecular complexity index is 299. The lowest BCUT2D eigenvalue weighted by Gasteiger charge is -2.04. The van der Waals surface area contributed by atoms with Crippen molar-refractivity contribution < 1.29 is 18.1 Å². The molecule has 0 aromatic heterocycles. The summed E-state index contributed by atoms with van der Waals surface area (Å²) in [6, 6.07) is 0. The van der Waals surface area contributed by atoms with E-state index in [2.05, 4.69) is 0 Å². The summed E-state index contributed by atoms with van der Waals surface area (Å²) >= 11 is 0. The lowest BCUT2D eigenvalue weighted by molar-refractivity contribution is 0.180. The lowest BCUT2D eigenvalue weighted by atomic mass is 10.0. The fourth-order valence-corrected chi connectivity index (χ4v) is 2.88. The SMILES string of the molecule is CC(O)CCCCCCCCCCCCCS(=O)(=O)O. The van der Waals surface area contributed by atoms with Crippen molar-refractivity contribution in [2.75, 3.05) is 5.75 Å². The molecule has 0 amide bonds. The number of hydrogen-bond acceptors (Lipinski definition) is 3. The van der Waals surface area contributed by atoms with Gasteiger partial charge in [-0.1, -0.05) is 64.2 Å². The van der Waals surface area contributed by atoms with Crippen molar-refractivity contribution in [3.05, 3.63) is 0 Å². The van der Waals surface area contributed by atoms with Gasteiger partial charge in [0.15, 0.2) is 0 Å². The minimum atomic E-state index is -3.76. The molecule has 0 fully saturated rings. The van der Waals surface area contributed by atoms with E-state index in [0.717, 1.165) is 32.1 Å². The Morgan fingerprint density at radius 3 is 1.45 bits per heavy atom. The van der Waals surface area contributed by atoms with E-state index in [9.17, 15) is 8.42 Å². The zero-order valence-electron chi connectivity index (χ0n) is 12.9. The molecule has 0 bridgehead atoms. The monoisotopic (exact) mass is 308 g/mol. The molecule has 1 atom stereocenters. The van der Waals surface area contributed by atoms with Crippen molar-refractivity contribution >= 4 is 10.1 Å².